The molecule has 3 rings (SSSR count). The Morgan fingerprint density at radius 2 is 2.17 bits per heavy atom. The van der Waals surface area contributed by atoms with Gasteiger partial charge in [0.05, 0.1) is 17.6 Å². The highest BCUT2D eigenvalue weighted by atomic mass is 15.3. The van der Waals surface area contributed by atoms with E-state index in [0.29, 0.717) is 6.54 Å². The molecule has 0 aliphatic carbocycles. The van der Waals surface area contributed by atoms with Crippen LogP contribution in [0.3, 0.4) is 0 Å². The Morgan fingerprint density at radius 3 is 2.89 bits per heavy atom. The third-order valence-electron chi connectivity index (χ3n) is 2.92. The Balaban J connectivity index is 1.88. The van der Waals surface area contributed by atoms with Gasteiger partial charge in [-0.3, -0.25) is 4.68 Å². The van der Waals surface area contributed by atoms with Crippen molar-refractivity contribution in [1.29, 1.82) is 0 Å². The first-order chi connectivity index (χ1) is 8.74. The van der Waals surface area contributed by atoms with Crippen LogP contribution in [-0.4, -0.2) is 31.8 Å². The van der Waals surface area contributed by atoms with Gasteiger partial charge < -0.3 is 9.88 Å². The third kappa shape index (κ3) is 1.81. The van der Waals surface area contributed by atoms with Gasteiger partial charge in [0.1, 0.15) is 12.2 Å². The van der Waals surface area contributed by atoms with Gasteiger partial charge >= 0.3 is 0 Å². The van der Waals surface area contributed by atoms with Crippen molar-refractivity contribution in [2.45, 2.75) is 6.54 Å². The second kappa shape index (κ2) is 4.14. The van der Waals surface area contributed by atoms with E-state index in [4.69, 9.17) is 0 Å². The molecular weight excluding hydrogens is 228 g/mol. The van der Waals surface area contributed by atoms with Gasteiger partial charge in [0.25, 0.3) is 0 Å². The minimum absolute atomic E-state index is 0.663. The Morgan fingerprint density at radius 1 is 1.33 bits per heavy atom. The van der Waals surface area contributed by atoms with E-state index in [1.807, 2.05) is 43.3 Å². The van der Waals surface area contributed by atoms with Crippen LogP contribution < -0.4 is 4.90 Å². The minimum atomic E-state index is 0.663. The Hall–Kier alpha value is -2.37. The molecule has 0 unspecified atom stereocenters. The summed E-state index contributed by atoms with van der Waals surface area (Å²) in [7, 11) is 3.86. The second-order valence-corrected chi connectivity index (χ2v) is 4.23. The summed E-state index contributed by atoms with van der Waals surface area (Å²) in [5, 5.41) is 4.05. The maximum Gasteiger partial charge on any atom is 0.203 e. The Labute approximate surface area is 104 Å². The van der Waals surface area contributed by atoms with Crippen LogP contribution in [0.2, 0.25) is 0 Å². The molecule has 0 amide bonds. The molecule has 0 aliphatic heterocycles. The SMILES string of the molecule is CN(Cc1ncnn1C)c1nc2ccccc2[nH]1. The van der Waals surface area contributed by atoms with E-state index in [1.165, 1.54) is 0 Å². The number of anilines is 1. The van der Waals surface area contributed by atoms with Crippen molar-refractivity contribution in [2.24, 2.45) is 7.05 Å². The summed E-state index contributed by atoms with van der Waals surface area (Å²) in [6, 6.07) is 7.98. The third-order valence-corrected chi connectivity index (χ3v) is 2.92. The number of para-hydroxylation sites is 2. The quantitative estimate of drug-likeness (QED) is 0.752. The van der Waals surface area contributed by atoms with Crippen LogP contribution in [0, 0.1) is 0 Å². The van der Waals surface area contributed by atoms with Gasteiger partial charge in [0.2, 0.25) is 5.95 Å². The number of H-pyrrole nitrogens is 1. The number of aryl methyl sites for hydroxylation is 1. The van der Waals surface area contributed by atoms with E-state index in [1.54, 1.807) is 11.0 Å². The molecule has 6 nitrogen and oxygen atoms in total. The van der Waals surface area contributed by atoms with Crippen LogP contribution in [0.5, 0.6) is 0 Å². The standard InChI is InChI=1S/C12H14N6/c1-17(7-11-13-8-14-18(11)2)12-15-9-5-3-4-6-10(9)16-12/h3-6,8H,7H2,1-2H3,(H,15,16). The number of imidazole rings is 1. The van der Waals surface area contributed by atoms with Crippen LogP contribution >= 0.6 is 0 Å². The maximum atomic E-state index is 4.54. The number of nitrogens with zero attached hydrogens (tertiary/aromatic N) is 5. The highest BCUT2D eigenvalue weighted by Gasteiger charge is 2.10. The summed E-state index contributed by atoms with van der Waals surface area (Å²) in [5.74, 6) is 1.73. The average molecular weight is 242 g/mol. The van der Waals surface area contributed by atoms with Crippen LogP contribution in [0.4, 0.5) is 5.95 Å². The summed E-state index contributed by atoms with van der Waals surface area (Å²) < 4.78 is 1.76. The number of fused-ring (bicyclic) bond motifs is 1. The van der Waals surface area contributed by atoms with E-state index < -0.39 is 0 Å². The number of hydrogen-bond donors (Lipinski definition) is 1. The molecule has 2 heterocycles. The molecule has 1 N–H and O–H groups in total. The molecule has 1 aromatic carbocycles. The number of nitrogens with one attached hydrogen (secondary N) is 1. The zero-order valence-electron chi connectivity index (χ0n) is 10.3. The van der Waals surface area contributed by atoms with E-state index >= 15 is 0 Å². The summed E-state index contributed by atoms with van der Waals surface area (Å²) in [5.41, 5.74) is 2.01. The van der Waals surface area contributed by atoms with Crippen molar-refractivity contribution in [3.05, 3.63) is 36.4 Å². The van der Waals surface area contributed by atoms with Crippen molar-refractivity contribution in [2.75, 3.05) is 11.9 Å². The zero-order chi connectivity index (χ0) is 12.5. The van der Waals surface area contributed by atoms with E-state index in [2.05, 4.69) is 20.1 Å². The smallest absolute Gasteiger partial charge is 0.203 e. The van der Waals surface area contributed by atoms with Crippen molar-refractivity contribution in [3.8, 4) is 0 Å². The topological polar surface area (TPSA) is 62.6 Å². The van der Waals surface area contributed by atoms with Crippen molar-refractivity contribution < 1.29 is 0 Å². The maximum absolute atomic E-state index is 4.54. The van der Waals surface area contributed by atoms with Crippen LogP contribution in [0.15, 0.2) is 30.6 Å². The molecule has 0 spiro atoms. The molecule has 0 saturated heterocycles. The van der Waals surface area contributed by atoms with Gasteiger partial charge in [-0.2, -0.15) is 5.10 Å². The molecular formula is C12H14N6. The highest BCUT2D eigenvalue weighted by molar-refractivity contribution is 5.77. The Kier molecular flexibility index (Phi) is 2.47. The number of benzene rings is 1. The number of hydrogen-bond acceptors (Lipinski definition) is 4. The number of aromatic amines is 1. The minimum Gasteiger partial charge on any atom is -0.338 e. The van der Waals surface area contributed by atoms with Gasteiger partial charge in [-0.05, 0) is 12.1 Å². The normalized spacial score (nSPS) is 11.0. The molecule has 92 valence electrons. The van der Waals surface area contributed by atoms with Gasteiger partial charge in [-0.25, -0.2) is 9.97 Å². The molecule has 6 heteroatoms. The van der Waals surface area contributed by atoms with Crippen molar-refractivity contribution >= 4 is 17.0 Å². The first kappa shape index (κ1) is 10.8. The molecule has 2 aromatic heterocycles. The van der Waals surface area contributed by atoms with Crippen LogP contribution in [0.25, 0.3) is 11.0 Å². The fourth-order valence-electron chi connectivity index (χ4n) is 1.87. The van der Waals surface area contributed by atoms with Crippen molar-refractivity contribution in [3.63, 3.8) is 0 Å². The summed E-state index contributed by atoms with van der Waals surface area (Å²) in [4.78, 5) is 14.0. The van der Waals surface area contributed by atoms with Gasteiger partial charge in [-0.15, -0.1) is 0 Å². The lowest BCUT2D eigenvalue weighted by Crippen LogP contribution is -2.20. The molecule has 0 saturated carbocycles. The predicted molar refractivity (Wildman–Crippen MR) is 69.2 cm³/mol. The van der Waals surface area contributed by atoms with E-state index in [9.17, 15) is 0 Å². The molecule has 0 aliphatic rings. The number of aromatic nitrogens is 5. The van der Waals surface area contributed by atoms with Crippen molar-refractivity contribution in [1.82, 2.24) is 24.7 Å². The fraction of sp³-hybridized carbons (Fsp3) is 0.250. The lowest BCUT2D eigenvalue weighted by atomic mass is 10.3. The van der Waals surface area contributed by atoms with Crippen LogP contribution in [-0.2, 0) is 13.6 Å². The average Bonchev–Trinajstić information content (AvgIpc) is 2.96. The van der Waals surface area contributed by atoms with Gasteiger partial charge in [0, 0.05) is 14.1 Å². The monoisotopic (exact) mass is 242 g/mol. The molecule has 0 radical (unpaired) electrons. The fourth-order valence-corrected chi connectivity index (χ4v) is 1.87. The van der Waals surface area contributed by atoms with Gasteiger partial charge in [0.15, 0.2) is 0 Å². The predicted octanol–water partition coefficient (Wildman–Crippen LogP) is 1.33. The molecule has 0 bridgehead atoms. The molecule has 0 fully saturated rings. The lowest BCUT2D eigenvalue weighted by Gasteiger charge is -2.14. The summed E-state index contributed by atoms with van der Waals surface area (Å²) in [6.45, 7) is 0.663. The van der Waals surface area contributed by atoms with Crippen LogP contribution in [0.1, 0.15) is 5.82 Å². The summed E-state index contributed by atoms with van der Waals surface area (Å²) in [6.07, 6.45) is 1.56. The molecule has 18 heavy (non-hydrogen) atoms. The van der Waals surface area contributed by atoms with E-state index in [0.717, 1.165) is 22.8 Å². The highest BCUT2D eigenvalue weighted by Crippen LogP contribution is 2.16. The second-order valence-electron chi connectivity index (χ2n) is 4.23. The zero-order valence-corrected chi connectivity index (χ0v) is 10.3. The summed E-state index contributed by atoms with van der Waals surface area (Å²) >= 11 is 0. The first-order valence-electron chi connectivity index (χ1n) is 5.73. The molecule has 3 aromatic rings. The first-order valence-corrected chi connectivity index (χ1v) is 5.73. The largest absolute Gasteiger partial charge is 0.338 e. The van der Waals surface area contributed by atoms with E-state index in [-0.39, 0.29) is 0 Å². The molecule has 0 atom stereocenters. The Bertz CT molecular complexity index is 635. The lowest BCUT2D eigenvalue weighted by molar-refractivity contribution is 0.684. The number of rotatable bonds is 3. The van der Waals surface area contributed by atoms with Gasteiger partial charge in [-0.1, -0.05) is 12.1 Å².